The molecule has 10 nitrogen and oxygen atoms in total. The second-order valence-corrected chi connectivity index (χ2v) is 15.4. The van der Waals surface area contributed by atoms with E-state index in [4.69, 9.17) is 14.2 Å². The van der Waals surface area contributed by atoms with Crippen molar-refractivity contribution in [3.63, 3.8) is 0 Å². The molecule has 0 radical (unpaired) electrons. The number of alkyl halides is 2. The first kappa shape index (κ1) is 32.0. The number of hydrogen-bond donors (Lipinski definition) is 1. The van der Waals surface area contributed by atoms with Gasteiger partial charge in [0.05, 0.1) is 29.7 Å². The second-order valence-electron chi connectivity index (χ2n) is 15.4. The third-order valence-electron chi connectivity index (χ3n) is 10.8. The van der Waals surface area contributed by atoms with Gasteiger partial charge in [0.2, 0.25) is 11.8 Å². The van der Waals surface area contributed by atoms with Gasteiger partial charge >= 0.3 is 6.09 Å². The van der Waals surface area contributed by atoms with Crippen LogP contribution >= 0.6 is 0 Å². The lowest BCUT2D eigenvalue weighted by Crippen LogP contribution is -2.56. The lowest BCUT2D eigenvalue weighted by atomic mass is 9.85. The van der Waals surface area contributed by atoms with Gasteiger partial charge in [0, 0.05) is 18.4 Å². The van der Waals surface area contributed by atoms with Gasteiger partial charge in [0.25, 0.3) is 5.92 Å². The van der Waals surface area contributed by atoms with Crippen molar-refractivity contribution in [2.45, 2.75) is 115 Å². The Morgan fingerprint density at radius 3 is 2.53 bits per heavy atom. The number of hydrogen-bond acceptors (Lipinski definition) is 8. The number of halogens is 2. The quantitative estimate of drug-likeness (QED) is 0.413. The number of nitrogens with zero attached hydrogens (tertiary/aromatic N) is 3. The zero-order valence-corrected chi connectivity index (χ0v) is 27.4. The molecule has 2 aromatic rings. The van der Waals surface area contributed by atoms with Crippen LogP contribution in [0.1, 0.15) is 84.8 Å². The normalized spacial score (nSPS) is 34.1. The molecule has 0 spiro atoms. The van der Waals surface area contributed by atoms with Gasteiger partial charge in [-0.1, -0.05) is 34.1 Å². The number of carbonyl (C=O) groups excluding carboxylic acids is 3. The Hall–Kier alpha value is -3.57. The summed E-state index contributed by atoms with van der Waals surface area (Å²) in [5.41, 5.74) is -0.616. The molecule has 12 heteroatoms. The van der Waals surface area contributed by atoms with E-state index in [1.807, 2.05) is 20.8 Å². The number of aromatic nitrogens is 2. The maximum absolute atomic E-state index is 16.1. The van der Waals surface area contributed by atoms with Crippen LogP contribution in [0.5, 0.6) is 11.6 Å². The predicted octanol–water partition coefficient (Wildman–Crippen LogP) is 5.80. The number of benzene rings is 1. The van der Waals surface area contributed by atoms with Crippen molar-refractivity contribution in [2.24, 2.45) is 29.1 Å². The molecule has 2 unspecified atom stereocenters. The number of carbonyl (C=O) groups is 3. The summed E-state index contributed by atoms with van der Waals surface area (Å²) in [6.45, 7) is 7.18. The monoisotopic (exact) mass is 654 g/mol. The van der Waals surface area contributed by atoms with Crippen molar-refractivity contribution < 1.29 is 37.4 Å². The van der Waals surface area contributed by atoms with Crippen molar-refractivity contribution >= 4 is 29.3 Å². The molecule has 2 aliphatic heterocycles. The molecule has 1 N–H and O–H groups in total. The second kappa shape index (κ2) is 11.8. The number of nitrogens with one attached hydrogen (secondary N) is 1. The van der Waals surface area contributed by atoms with Crippen LogP contribution in [0.3, 0.4) is 0 Å². The number of fused-ring (bicyclic) bond motifs is 7. The Labute approximate surface area is 273 Å². The van der Waals surface area contributed by atoms with Crippen LogP contribution in [0.25, 0.3) is 11.0 Å². The topological polar surface area (TPSA) is 120 Å². The molecular weight excluding hydrogens is 610 g/mol. The number of ether oxygens (including phenoxy) is 3. The maximum Gasteiger partial charge on any atom is 0.408 e. The third kappa shape index (κ3) is 6.36. The van der Waals surface area contributed by atoms with Gasteiger partial charge in [0.15, 0.2) is 5.69 Å². The molecule has 4 fully saturated rings. The maximum atomic E-state index is 16.1. The van der Waals surface area contributed by atoms with Gasteiger partial charge in [-0.05, 0) is 73.8 Å². The zero-order valence-electron chi connectivity index (χ0n) is 27.4. The lowest BCUT2D eigenvalue weighted by Gasteiger charge is -2.35. The van der Waals surface area contributed by atoms with E-state index in [0.29, 0.717) is 47.7 Å². The van der Waals surface area contributed by atoms with Crippen molar-refractivity contribution in [3.8, 4) is 11.6 Å². The Morgan fingerprint density at radius 1 is 1.02 bits per heavy atom. The molecule has 8 atom stereocenters. The molecule has 5 aliphatic rings. The van der Waals surface area contributed by atoms with Gasteiger partial charge in [-0.15, -0.1) is 0 Å². The highest BCUT2D eigenvalue weighted by Gasteiger charge is 2.55. The summed E-state index contributed by atoms with van der Waals surface area (Å²) in [6.07, 6.45) is 3.72. The first-order valence-corrected chi connectivity index (χ1v) is 17.1. The number of amides is 2. The Balaban J connectivity index is 1.26. The standard InChI is InChI=1S/C35H44F2N4O6/c1-18-26(17-42)41-16-28(18)46-31-29(38-24-11-10-21(15-25(24)39-31)45-20-8-9-20)35(36,37)12-6-5-7-22-23-13-19(23)14-27(22)47-33(44)40-30(32(41)43)34(2,3)4/h10-11,15,17-20,22-23,26-28,30H,5-9,12-14,16H2,1-4H3,(H,40,44)/t18-,19?,22+,23?,26+,27+,28-,30+/m0/s1. The van der Waals surface area contributed by atoms with E-state index in [-0.39, 0.29) is 37.0 Å². The molecule has 3 aliphatic carbocycles. The SMILES string of the molecule is C[C@@H]1[C@@H]2CN(C(=O)[C@H](C(C)(C)C)NC(=O)O[C@@H]3CC4CC4[C@H]3CCCCC(F)(F)c3nc4ccc(OC5CC5)cc4nc3O2)[C@@H]1C=O. The van der Waals surface area contributed by atoms with Gasteiger partial charge in [0.1, 0.15) is 30.3 Å². The number of rotatable bonds is 3. The first-order valence-electron chi connectivity index (χ1n) is 17.1. The van der Waals surface area contributed by atoms with E-state index in [9.17, 15) is 14.4 Å². The van der Waals surface area contributed by atoms with Gasteiger partial charge in [-0.2, -0.15) is 8.78 Å². The van der Waals surface area contributed by atoms with Crippen LogP contribution in [0.15, 0.2) is 18.2 Å². The van der Waals surface area contributed by atoms with E-state index in [1.165, 1.54) is 4.90 Å². The smallest absolute Gasteiger partial charge is 0.408 e. The molecule has 3 heterocycles. The summed E-state index contributed by atoms with van der Waals surface area (Å²) in [7, 11) is 0. The molecule has 47 heavy (non-hydrogen) atoms. The van der Waals surface area contributed by atoms with Crippen molar-refractivity contribution in [2.75, 3.05) is 6.54 Å². The van der Waals surface area contributed by atoms with Crippen molar-refractivity contribution in [1.29, 1.82) is 0 Å². The minimum atomic E-state index is -3.35. The summed E-state index contributed by atoms with van der Waals surface area (Å²) >= 11 is 0. The zero-order chi connectivity index (χ0) is 33.2. The average molecular weight is 655 g/mol. The van der Waals surface area contributed by atoms with Crippen LogP contribution in [-0.2, 0) is 20.2 Å². The van der Waals surface area contributed by atoms with E-state index in [1.54, 1.807) is 25.1 Å². The summed E-state index contributed by atoms with van der Waals surface area (Å²) in [4.78, 5) is 50.2. The highest BCUT2D eigenvalue weighted by molar-refractivity contribution is 5.89. The third-order valence-corrected chi connectivity index (χ3v) is 10.8. The van der Waals surface area contributed by atoms with E-state index >= 15 is 8.78 Å². The highest BCUT2D eigenvalue weighted by Crippen LogP contribution is 2.58. The molecule has 3 saturated carbocycles. The molecule has 254 valence electrons. The van der Waals surface area contributed by atoms with E-state index in [0.717, 1.165) is 25.7 Å². The Bertz CT molecular complexity index is 1560. The molecule has 2 bridgehead atoms. The molecule has 7 rings (SSSR count). The highest BCUT2D eigenvalue weighted by atomic mass is 19.3. The summed E-state index contributed by atoms with van der Waals surface area (Å²) < 4.78 is 50.4. The molecule has 2 amide bonds. The van der Waals surface area contributed by atoms with Crippen molar-refractivity contribution in [3.05, 3.63) is 23.9 Å². The van der Waals surface area contributed by atoms with Crippen LogP contribution in [0, 0.1) is 29.1 Å². The molecule has 1 aromatic carbocycles. The van der Waals surface area contributed by atoms with Crippen LogP contribution < -0.4 is 14.8 Å². The molecular formula is C35H44F2N4O6. The fraction of sp³-hybridized carbons (Fsp3) is 0.686. The Morgan fingerprint density at radius 2 is 1.81 bits per heavy atom. The fourth-order valence-electron chi connectivity index (χ4n) is 7.80. The minimum absolute atomic E-state index is 0.0592. The largest absolute Gasteiger partial charge is 0.490 e. The van der Waals surface area contributed by atoms with Crippen LogP contribution in [-0.4, -0.2) is 70.1 Å². The fourth-order valence-corrected chi connectivity index (χ4v) is 7.80. The predicted molar refractivity (Wildman–Crippen MR) is 167 cm³/mol. The van der Waals surface area contributed by atoms with Crippen LogP contribution in [0.4, 0.5) is 13.6 Å². The van der Waals surface area contributed by atoms with E-state index < -0.39 is 59.6 Å². The van der Waals surface area contributed by atoms with Crippen LogP contribution in [0.2, 0.25) is 0 Å². The lowest BCUT2D eigenvalue weighted by molar-refractivity contribution is -0.139. The first-order chi connectivity index (χ1) is 22.3. The van der Waals surface area contributed by atoms with E-state index in [2.05, 4.69) is 15.3 Å². The summed E-state index contributed by atoms with van der Waals surface area (Å²) in [5, 5.41) is 2.82. The van der Waals surface area contributed by atoms with Crippen molar-refractivity contribution in [1.82, 2.24) is 20.2 Å². The minimum Gasteiger partial charge on any atom is -0.490 e. The van der Waals surface area contributed by atoms with Gasteiger partial charge in [-0.25, -0.2) is 14.8 Å². The molecule has 1 aromatic heterocycles. The number of aldehydes is 1. The summed E-state index contributed by atoms with van der Waals surface area (Å²) in [5.74, 6) is -3.10. The number of alkyl carbamates (subject to hydrolysis) is 1. The average Bonchev–Trinajstić information content (AvgIpc) is 3.92. The summed E-state index contributed by atoms with van der Waals surface area (Å²) in [6, 6.07) is 3.13. The van der Waals surface area contributed by atoms with Gasteiger partial charge < -0.3 is 29.2 Å². The molecule has 1 saturated heterocycles. The Kier molecular flexibility index (Phi) is 8.06. The van der Waals surface area contributed by atoms with Gasteiger partial charge in [-0.3, -0.25) is 4.79 Å².